The number of H-pyrrole nitrogens is 1. The zero-order chi connectivity index (χ0) is 7.14. The first-order valence-corrected chi connectivity index (χ1v) is 4.34. The molecule has 0 fully saturated rings. The van der Waals surface area contributed by atoms with Crippen molar-refractivity contribution in [2.24, 2.45) is 0 Å². The van der Waals surface area contributed by atoms with Crippen LogP contribution in [0, 0.1) is 0 Å². The molecule has 0 saturated heterocycles. The third-order valence-corrected chi connectivity index (χ3v) is 2.97. The van der Waals surface area contributed by atoms with Crippen molar-refractivity contribution in [2.45, 2.75) is 0 Å². The molecule has 2 nitrogen and oxygen atoms in total. The summed E-state index contributed by atoms with van der Waals surface area (Å²) in [6, 6.07) is 1.97. The first-order valence-electron chi connectivity index (χ1n) is 2.73. The Morgan fingerprint density at radius 3 is 3.10 bits per heavy atom. The van der Waals surface area contributed by atoms with Crippen LogP contribution in [-0.2, 0) is 0 Å². The van der Waals surface area contributed by atoms with Gasteiger partial charge in [0.05, 0.1) is 8.49 Å². The van der Waals surface area contributed by atoms with Crippen LogP contribution in [0.2, 0.25) is 0 Å². The van der Waals surface area contributed by atoms with Crippen LogP contribution in [0.1, 0.15) is 0 Å². The molecule has 0 aliphatic rings. The van der Waals surface area contributed by atoms with Gasteiger partial charge < -0.3 is 10.1 Å². The minimum Gasteiger partial charge on any atom is -0.494 e. The second-order valence-corrected chi connectivity index (χ2v) is 4.40. The van der Waals surface area contributed by atoms with Crippen molar-refractivity contribution >= 4 is 37.4 Å². The van der Waals surface area contributed by atoms with Gasteiger partial charge in [0.25, 0.3) is 0 Å². The van der Waals surface area contributed by atoms with Crippen molar-refractivity contribution in [3.63, 3.8) is 0 Å². The van der Waals surface area contributed by atoms with Gasteiger partial charge in [-0.25, -0.2) is 0 Å². The molecule has 2 aromatic rings. The minimum absolute atomic E-state index is 0.255. The van der Waals surface area contributed by atoms with E-state index in [4.69, 9.17) is 5.11 Å². The number of aromatic nitrogens is 1. The highest BCUT2D eigenvalue weighted by atomic mass is 79.9. The second-order valence-electron chi connectivity index (χ2n) is 1.97. The number of hydrogen-bond acceptors (Lipinski definition) is 2. The molecule has 0 spiro atoms. The number of hydrogen-bond donors (Lipinski definition) is 2. The Morgan fingerprint density at radius 2 is 2.40 bits per heavy atom. The van der Waals surface area contributed by atoms with E-state index in [2.05, 4.69) is 20.9 Å². The molecule has 4 heteroatoms. The topological polar surface area (TPSA) is 36.0 Å². The summed E-state index contributed by atoms with van der Waals surface area (Å²) in [5.41, 5.74) is 0. The first kappa shape index (κ1) is 6.24. The van der Waals surface area contributed by atoms with E-state index >= 15 is 0 Å². The average Bonchev–Trinajstić information content (AvgIpc) is 2.35. The highest BCUT2D eigenvalue weighted by Gasteiger charge is 2.04. The van der Waals surface area contributed by atoms with E-state index in [1.54, 1.807) is 6.20 Å². The molecule has 0 bridgehead atoms. The number of fused-ring (bicyclic) bond motifs is 1. The summed E-state index contributed by atoms with van der Waals surface area (Å²) in [6.07, 6.45) is 1.78. The van der Waals surface area contributed by atoms with Gasteiger partial charge in [0.1, 0.15) is 0 Å². The van der Waals surface area contributed by atoms with Gasteiger partial charge in [-0.15, -0.1) is 11.3 Å². The highest BCUT2D eigenvalue weighted by Crippen LogP contribution is 2.34. The molecule has 0 unspecified atom stereocenters. The van der Waals surface area contributed by atoms with Crippen LogP contribution in [0.5, 0.6) is 5.88 Å². The maximum absolute atomic E-state index is 9.16. The van der Waals surface area contributed by atoms with E-state index in [9.17, 15) is 0 Å². The van der Waals surface area contributed by atoms with Crippen LogP contribution in [0.3, 0.4) is 0 Å². The quantitative estimate of drug-likeness (QED) is 0.700. The number of nitrogens with one attached hydrogen (secondary N) is 1. The summed E-state index contributed by atoms with van der Waals surface area (Å²) in [7, 11) is 0. The van der Waals surface area contributed by atoms with Crippen molar-refractivity contribution in [1.82, 2.24) is 4.98 Å². The Balaban J connectivity index is 2.90. The molecule has 2 heterocycles. The summed E-state index contributed by atoms with van der Waals surface area (Å²) >= 11 is 4.85. The fourth-order valence-corrected chi connectivity index (χ4v) is 2.38. The number of aromatic amines is 1. The Labute approximate surface area is 69.6 Å². The zero-order valence-electron chi connectivity index (χ0n) is 4.89. The van der Waals surface area contributed by atoms with Crippen LogP contribution < -0.4 is 0 Å². The van der Waals surface area contributed by atoms with E-state index in [1.807, 2.05) is 6.07 Å². The van der Waals surface area contributed by atoms with Gasteiger partial charge in [-0.1, -0.05) is 0 Å². The molecule has 2 aromatic heterocycles. The van der Waals surface area contributed by atoms with E-state index in [0.29, 0.717) is 0 Å². The summed E-state index contributed by atoms with van der Waals surface area (Å²) in [5, 5.41) is 10.2. The average molecular weight is 218 g/mol. The lowest BCUT2D eigenvalue weighted by molar-refractivity contribution is 0.463. The van der Waals surface area contributed by atoms with Gasteiger partial charge in [0.15, 0.2) is 0 Å². The van der Waals surface area contributed by atoms with Gasteiger partial charge in [-0.2, -0.15) is 0 Å². The normalized spacial score (nSPS) is 10.9. The van der Waals surface area contributed by atoms with Crippen LogP contribution in [0.4, 0.5) is 0 Å². The third kappa shape index (κ3) is 0.759. The van der Waals surface area contributed by atoms with Crippen molar-refractivity contribution in [3.05, 3.63) is 16.0 Å². The predicted octanol–water partition coefficient (Wildman–Crippen LogP) is 2.70. The summed E-state index contributed by atoms with van der Waals surface area (Å²) in [4.78, 5) is 2.73. The van der Waals surface area contributed by atoms with Gasteiger partial charge in [-0.3, -0.25) is 0 Å². The number of aromatic hydroxyl groups is 1. The van der Waals surface area contributed by atoms with Gasteiger partial charge >= 0.3 is 0 Å². The number of rotatable bonds is 0. The van der Waals surface area contributed by atoms with Crippen molar-refractivity contribution in [2.75, 3.05) is 0 Å². The molecule has 52 valence electrons. The summed E-state index contributed by atoms with van der Waals surface area (Å²) < 4.78 is 1.95. The van der Waals surface area contributed by atoms with E-state index in [-0.39, 0.29) is 5.88 Å². The Hall–Kier alpha value is -0.480. The maximum Gasteiger partial charge on any atom is 0.206 e. The lowest BCUT2D eigenvalue weighted by Gasteiger charge is -1.78. The van der Waals surface area contributed by atoms with Crippen LogP contribution in [0.15, 0.2) is 16.0 Å². The molecule has 0 radical (unpaired) electrons. The smallest absolute Gasteiger partial charge is 0.206 e. The second kappa shape index (κ2) is 2.00. The highest BCUT2D eigenvalue weighted by molar-refractivity contribution is 9.11. The van der Waals surface area contributed by atoms with Gasteiger partial charge in [-0.05, 0) is 22.0 Å². The predicted molar refractivity (Wildman–Crippen MR) is 45.5 cm³/mol. The van der Waals surface area contributed by atoms with E-state index in [1.165, 1.54) is 11.3 Å². The fourth-order valence-electron chi connectivity index (χ4n) is 0.878. The van der Waals surface area contributed by atoms with Gasteiger partial charge in [0, 0.05) is 11.6 Å². The van der Waals surface area contributed by atoms with Crippen molar-refractivity contribution < 1.29 is 5.11 Å². The molecule has 0 amide bonds. The number of thiophene rings is 1. The van der Waals surface area contributed by atoms with Crippen LogP contribution in [0.25, 0.3) is 10.1 Å². The first-order chi connectivity index (χ1) is 4.77. The van der Waals surface area contributed by atoms with Gasteiger partial charge in [0.2, 0.25) is 5.88 Å². The molecule has 2 N–H and O–H groups in total. The molecule has 0 aromatic carbocycles. The molecule has 0 aliphatic carbocycles. The summed E-state index contributed by atoms with van der Waals surface area (Å²) in [6.45, 7) is 0. The number of halogens is 1. The molecule has 2 rings (SSSR count). The third-order valence-electron chi connectivity index (χ3n) is 1.31. The Bertz CT molecular complexity index is 365. The monoisotopic (exact) mass is 217 g/mol. The van der Waals surface area contributed by atoms with E-state index in [0.717, 1.165) is 13.9 Å². The molecule has 0 saturated carbocycles. The zero-order valence-corrected chi connectivity index (χ0v) is 7.29. The Morgan fingerprint density at radius 1 is 1.60 bits per heavy atom. The lowest BCUT2D eigenvalue weighted by atomic mass is 10.4. The minimum atomic E-state index is 0.255. The SMILES string of the molecule is Oc1[nH]cc2cc(Br)sc12. The van der Waals surface area contributed by atoms with Crippen LogP contribution in [-0.4, -0.2) is 10.1 Å². The van der Waals surface area contributed by atoms with Crippen molar-refractivity contribution in [1.29, 1.82) is 0 Å². The summed E-state index contributed by atoms with van der Waals surface area (Å²) in [5.74, 6) is 0.255. The maximum atomic E-state index is 9.16. The standard InChI is InChI=1S/C6H4BrNOS/c7-4-1-3-2-8-6(9)5(3)10-4/h1-2,8-9H. The molecule has 10 heavy (non-hydrogen) atoms. The molecular weight excluding hydrogens is 214 g/mol. The molecule has 0 aliphatic heterocycles. The van der Waals surface area contributed by atoms with Crippen molar-refractivity contribution in [3.8, 4) is 5.88 Å². The molecule has 0 atom stereocenters. The van der Waals surface area contributed by atoms with Crippen LogP contribution >= 0.6 is 27.3 Å². The molecular formula is C6H4BrNOS. The van der Waals surface area contributed by atoms with E-state index < -0.39 is 0 Å². The largest absolute Gasteiger partial charge is 0.494 e. The Kier molecular flexibility index (Phi) is 1.25. The fraction of sp³-hybridized carbons (Fsp3) is 0. The lowest BCUT2D eigenvalue weighted by Crippen LogP contribution is -1.54.